The molecule has 0 rings (SSSR count). The third-order valence-corrected chi connectivity index (χ3v) is 1.61. The molecule has 0 aromatic rings. The van der Waals surface area contributed by atoms with Crippen LogP contribution < -0.4 is 5.32 Å². The van der Waals surface area contributed by atoms with Crippen LogP contribution in [0.15, 0.2) is 0 Å². The van der Waals surface area contributed by atoms with Gasteiger partial charge in [-0.15, -0.1) is 0 Å². The van der Waals surface area contributed by atoms with Crippen LogP contribution in [-0.4, -0.2) is 30.4 Å². The Hall–Kier alpha value is -0.220. The molecule has 0 aliphatic carbocycles. The lowest BCUT2D eigenvalue weighted by molar-refractivity contribution is -0.130. The predicted octanol–water partition coefficient (Wildman–Crippen LogP) is 1.24. The van der Waals surface area contributed by atoms with Crippen molar-refractivity contribution in [1.29, 1.82) is 0 Å². The van der Waals surface area contributed by atoms with E-state index in [1.807, 2.05) is 20.8 Å². The monoisotopic (exact) mass is 205 g/mol. The molecule has 78 valence electrons. The van der Waals surface area contributed by atoms with Crippen molar-refractivity contribution in [3.63, 3.8) is 0 Å². The van der Waals surface area contributed by atoms with E-state index in [4.69, 9.17) is 4.74 Å². The summed E-state index contributed by atoms with van der Waals surface area (Å²) in [4.78, 5) is 11.1. The summed E-state index contributed by atoms with van der Waals surface area (Å²) in [5.74, 6) is 0.733. The first-order valence-electron chi connectivity index (χ1n) is 4.47. The van der Waals surface area contributed by atoms with Crippen molar-refractivity contribution in [3.05, 3.63) is 0 Å². The van der Waals surface area contributed by atoms with Crippen LogP contribution in [0.4, 0.5) is 0 Å². The third kappa shape index (κ3) is 9.70. The molecule has 0 saturated heterocycles. The Kier molecular flexibility index (Phi) is 6.16. The fraction of sp³-hybridized carbons (Fsp3) is 0.889. The van der Waals surface area contributed by atoms with Crippen LogP contribution >= 0.6 is 12.6 Å². The quantitative estimate of drug-likeness (QED) is 0.523. The number of nitrogens with one attached hydrogen (secondary N) is 1. The molecular formula is C9H19NO2S. The van der Waals surface area contributed by atoms with E-state index in [-0.39, 0.29) is 18.1 Å². The van der Waals surface area contributed by atoms with Gasteiger partial charge in [-0.1, -0.05) is 0 Å². The Balaban J connectivity index is 3.41. The Morgan fingerprint density at radius 1 is 1.46 bits per heavy atom. The molecule has 0 aromatic heterocycles. The Morgan fingerprint density at radius 3 is 2.54 bits per heavy atom. The summed E-state index contributed by atoms with van der Waals surface area (Å²) in [7, 11) is 0. The van der Waals surface area contributed by atoms with Crippen molar-refractivity contribution < 1.29 is 9.53 Å². The first-order valence-corrected chi connectivity index (χ1v) is 5.10. The fourth-order valence-electron chi connectivity index (χ4n) is 0.640. The van der Waals surface area contributed by atoms with Crippen molar-refractivity contribution in [2.75, 3.05) is 18.9 Å². The van der Waals surface area contributed by atoms with Gasteiger partial charge in [-0.05, 0) is 32.9 Å². The number of carbonyl (C=O) groups excluding carboxylic acids is 1. The molecule has 0 saturated carbocycles. The summed E-state index contributed by atoms with van der Waals surface area (Å²) in [6.07, 6.45) is 0.893. The van der Waals surface area contributed by atoms with Gasteiger partial charge in [0.2, 0.25) is 5.91 Å². The highest BCUT2D eigenvalue weighted by Gasteiger charge is 2.12. The summed E-state index contributed by atoms with van der Waals surface area (Å²) in [6, 6.07) is 0. The van der Waals surface area contributed by atoms with Gasteiger partial charge >= 0.3 is 0 Å². The minimum Gasteiger partial charge on any atom is -0.366 e. The maximum Gasteiger partial charge on any atom is 0.246 e. The molecule has 0 fully saturated rings. The molecule has 3 nitrogen and oxygen atoms in total. The standard InChI is InChI=1S/C9H19NO2S/c1-9(2,3)12-7-8(11)10-5-4-6-13/h13H,4-7H2,1-3H3,(H,10,11). The lowest BCUT2D eigenvalue weighted by Crippen LogP contribution is -2.32. The summed E-state index contributed by atoms with van der Waals surface area (Å²) >= 11 is 4.04. The smallest absolute Gasteiger partial charge is 0.246 e. The van der Waals surface area contributed by atoms with Crippen LogP contribution in [0.1, 0.15) is 27.2 Å². The molecule has 13 heavy (non-hydrogen) atoms. The third-order valence-electron chi connectivity index (χ3n) is 1.29. The summed E-state index contributed by atoms with van der Waals surface area (Å²) < 4.78 is 5.29. The second-order valence-electron chi connectivity index (χ2n) is 3.83. The number of carbonyl (C=O) groups is 1. The Bertz CT molecular complexity index is 154. The highest BCUT2D eigenvalue weighted by molar-refractivity contribution is 7.80. The SMILES string of the molecule is CC(C)(C)OCC(=O)NCCCS. The molecule has 4 heteroatoms. The topological polar surface area (TPSA) is 38.3 Å². The molecule has 0 aromatic carbocycles. The molecule has 1 amide bonds. The first kappa shape index (κ1) is 12.8. The number of amides is 1. The summed E-state index contributed by atoms with van der Waals surface area (Å²) in [5, 5.41) is 2.74. The molecule has 0 aliphatic rings. The molecule has 0 spiro atoms. The zero-order valence-corrected chi connectivity index (χ0v) is 9.49. The van der Waals surface area contributed by atoms with Gasteiger partial charge in [-0.2, -0.15) is 12.6 Å². The molecule has 0 heterocycles. The van der Waals surface area contributed by atoms with Crippen molar-refractivity contribution in [3.8, 4) is 0 Å². The fourth-order valence-corrected chi connectivity index (χ4v) is 0.798. The van der Waals surface area contributed by atoms with E-state index in [2.05, 4.69) is 17.9 Å². The normalized spacial score (nSPS) is 11.4. The van der Waals surface area contributed by atoms with E-state index < -0.39 is 0 Å². The van der Waals surface area contributed by atoms with E-state index in [9.17, 15) is 4.79 Å². The van der Waals surface area contributed by atoms with E-state index in [0.29, 0.717) is 6.54 Å². The van der Waals surface area contributed by atoms with E-state index in [1.165, 1.54) is 0 Å². The summed E-state index contributed by atoms with van der Waals surface area (Å²) in [6.45, 7) is 6.59. The van der Waals surface area contributed by atoms with Gasteiger partial charge in [0.05, 0.1) is 5.60 Å². The van der Waals surface area contributed by atoms with Gasteiger partial charge < -0.3 is 10.1 Å². The van der Waals surface area contributed by atoms with Crippen molar-refractivity contribution >= 4 is 18.5 Å². The lowest BCUT2D eigenvalue weighted by Gasteiger charge is -2.18. The van der Waals surface area contributed by atoms with Gasteiger partial charge in [0.25, 0.3) is 0 Å². The minimum atomic E-state index is -0.249. The highest BCUT2D eigenvalue weighted by Crippen LogP contribution is 2.05. The van der Waals surface area contributed by atoms with Crippen LogP contribution in [0, 0.1) is 0 Å². The second-order valence-corrected chi connectivity index (χ2v) is 4.28. The number of hydrogen-bond acceptors (Lipinski definition) is 3. The zero-order chi connectivity index (χ0) is 10.3. The molecule has 0 atom stereocenters. The molecule has 1 N–H and O–H groups in total. The average molecular weight is 205 g/mol. The van der Waals surface area contributed by atoms with E-state index in [0.717, 1.165) is 12.2 Å². The van der Waals surface area contributed by atoms with E-state index >= 15 is 0 Å². The molecular weight excluding hydrogens is 186 g/mol. The van der Waals surface area contributed by atoms with Crippen LogP contribution in [0.3, 0.4) is 0 Å². The first-order chi connectivity index (χ1) is 5.95. The van der Waals surface area contributed by atoms with Crippen LogP contribution in [-0.2, 0) is 9.53 Å². The van der Waals surface area contributed by atoms with Gasteiger partial charge in [0.15, 0.2) is 0 Å². The number of rotatable bonds is 5. The van der Waals surface area contributed by atoms with Crippen molar-refractivity contribution in [2.45, 2.75) is 32.8 Å². The number of thiol groups is 1. The zero-order valence-electron chi connectivity index (χ0n) is 8.59. The van der Waals surface area contributed by atoms with Crippen LogP contribution in [0.2, 0.25) is 0 Å². The summed E-state index contributed by atoms with van der Waals surface area (Å²) in [5.41, 5.74) is -0.249. The van der Waals surface area contributed by atoms with Gasteiger partial charge in [0.1, 0.15) is 6.61 Å². The molecule has 0 bridgehead atoms. The Labute approximate surface area is 85.6 Å². The maximum atomic E-state index is 11.1. The highest BCUT2D eigenvalue weighted by atomic mass is 32.1. The molecule has 0 radical (unpaired) electrons. The van der Waals surface area contributed by atoms with Crippen LogP contribution in [0.25, 0.3) is 0 Å². The van der Waals surface area contributed by atoms with Gasteiger partial charge in [0, 0.05) is 6.54 Å². The van der Waals surface area contributed by atoms with Crippen LogP contribution in [0.5, 0.6) is 0 Å². The average Bonchev–Trinajstić information content (AvgIpc) is 2.00. The molecule has 0 aliphatic heterocycles. The largest absolute Gasteiger partial charge is 0.366 e. The van der Waals surface area contributed by atoms with E-state index in [1.54, 1.807) is 0 Å². The van der Waals surface area contributed by atoms with Crippen molar-refractivity contribution in [1.82, 2.24) is 5.32 Å². The second kappa shape index (κ2) is 6.27. The van der Waals surface area contributed by atoms with Gasteiger partial charge in [-0.25, -0.2) is 0 Å². The van der Waals surface area contributed by atoms with Gasteiger partial charge in [-0.3, -0.25) is 4.79 Å². The Morgan fingerprint density at radius 2 is 2.08 bits per heavy atom. The van der Waals surface area contributed by atoms with Crippen molar-refractivity contribution in [2.24, 2.45) is 0 Å². The number of hydrogen-bond donors (Lipinski definition) is 2. The predicted molar refractivity (Wildman–Crippen MR) is 57.2 cm³/mol. The molecule has 0 unspecified atom stereocenters. The maximum absolute atomic E-state index is 11.1. The minimum absolute atomic E-state index is 0.0586. The lowest BCUT2D eigenvalue weighted by atomic mass is 10.2. The number of ether oxygens (including phenoxy) is 1.